The number of aromatic nitrogens is 1. The Morgan fingerprint density at radius 2 is 1.86 bits per heavy atom. The first-order valence-electron chi connectivity index (χ1n) is 8.70. The SMILES string of the molecule is CCS(=O)(=O)c1cccc(C(=O)Nc2nc(-c3ccc(OC)c(OC)c3)cs2)c1. The van der Waals surface area contributed by atoms with Crippen LogP contribution in [0.3, 0.4) is 0 Å². The Labute approximate surface area is 173 Å². The second-order valence-corrected chi connectivity index (χ2v) is 9.13. The van der Waals surface area contributed by atoms with Crippen molar-refractivity contribution in [1.82, 2.24) is 4.98 Å². The maximum atomic E-state index is 12.5. The number of nitrogens with zero attached hydrogens (tertiary/aromatic N) is 1. The zero-order valence-electron chi connectivity index (χ0n) is 16.1. The highest BCUT2D eigenvalue weighted by molar-refractivity contribution is 7.91. The number of sulfone groups is 1. The van der Waals surface area contributed by atoms with Gasteiger partial charge in [0.15, 0.2) is 26.5 Å². The van der Waals surface area contributed by atoms with Gasteiger partial charge in [0, 0.05) is 16.5 Å². The molecule has 0 aliphatic rings. The second-order valence-electron chi connectivity index (χ2n) is 5.99. The lowest BCUT2D eigenvalue weighted by Gasteiger charge is -2.08. The van der Waals surface area contributed by atoms with Crippen molar-refractivity contribution in [2.45, 2.75) is 11.8 Å². The Morgan fingerprint density at radius 3 is 2.55 bits per heavy atom. The van der Waals surface area contributed by atoms with E-state index in [2.05, 4.69) is 10.3 Å². The molecule has 1 aromatic heterocycles. The fourth-order valence-corrected chi connectivity index (χ4v) is 4.27. The van der Waals surface area contributed by atoms with Crippen LogP contribution in [0.15, 0.2) is 52.7 Å². The summed E-state index contributed by atoms with van der Waals surface area (Å²) in [4.78, 5) is 17.1. The zero-order chi connectivity index (χ0) is 21.0. The summed E-state index contributed by atoms with van der Waals surface area (Å²) in [5.41, 5.74) is 1.74. The van der Waals surface area contributed by atoms with Crippen LogP contribution in [-0.4, -0.2) is 39.3 Å². The predicted molar refractivity (Wildman–Crippen MR) is 113 cm³/mol. The number of hydrogen-bond acceptors (Lipinski definition) is 7. The maximum absolute atomic E-state index is 12.5. The van der Waals surface area contributed by atoms with Crippen LogP contribution in [0.1, 0.15) is 17.3 Å². The minimum absolute atomic E-state index is 0.0285. The molecule has 0 aliphatic carbocycles. The first kappa shape index (κ1) is 20.8. The summed E-state index contributed by atoms with van der Waals surface area (Å²) < 4.78 is 34.6. The first-order chi connectivity index (χ1) is 13.9. The van der Waals surface area contributed by atoms with Crippen LogP contribution < -0.4 is 14.8 Å². The van der Waals surface area contributed by atoms with Crippen molar-refractivity contribution in [3.05, 3.63) is 53.4 Å². The quantitative estimate of drug-likeness (QED) is 0.609. The van der Waals surface area contributed by atoms with E-state index in [-0.39, 0.29) is 16.2 Å². The monoisotopic (exact) mass is 432 g/mol. The number of ether oxygens (including phenoxy) is 2. The lowest BCUT2D eigenvalue weighted by atomic mass is 10.1. The van der Waals surface area contributed by atoms with Crippen molar-refractivity contribution in [3.63, 3.8) is 0 Å². The van der Waals surface area contributed by atoms with E-state index in [0.717, 1.165) is 5.56 Å². The molecule has 1 heterocycles. The van der Waals surface area contributed by atoms with Gasteiger partial charge in [0.2, 0.25) is 0 Å². The van der Waals surface area contributed by atoms with Crippen molar-refractivity contribution < 1.29 is 22.7 Å². The summed E-state index contributed by atoms with van der Waals surface area (Å²) in [6, 6.07) is 11.4. The maximum Gasteiger partial charge on any atom is 0.257 e. The molecule has 2 aromatic carbocycles. The molecule has 0 fully saturated rings. The molecule has 152 valence electrons. The molecule has 3 rings (SSSR count). The molecule has 0 saturated heterocycles. The van der Waals surface area contributed by atoms with Crippen LogP contribution in [0.2, 0.25) is 0 Å². The summed E-state index contributed by atoms with van der Waals surface area (Å²) in [6.07, 6.45) is 0. The number of carbonyl (C=O) groups is 1. The highest BCUT2D eigenvalue weighted by Crippen LogP contribution is 2.33. The number of thiazole rings is 1. The Balaban J connectivity index is 1.80. The van der Waals surface area contributed by atoms with Crippen LogP contribution >= 0.6 is 11.3 Å². The van der Waals surface area contributed by atoms with Crippen molar-refractivity contribution in [2.24, 2.45) is 0 Å². The van der Waals surface area contributed by atoms with E-state index in [4.69, 9.17) is 9.47 Å². The number of rotatable bonds is 7. The Bertz CT molecular complexity index is 1140. The minimum atomic E-state index is -3.39. The molecule has 0 spiro atoms. The van der Waals surface area contributed by atoms with E-state index in [9.17, 15) is 13.2 Å². The molecule has 7 nitrogen and oxygen atoms in total. The molecule has 0 saturated carbocycles. The molecule has 0 radical (unpaired) electrons. The third-order valence-corrected chi connectivity index (χ3v) is 6.73. The Morgan fingerprint density at radius 1 is 1.10 bits per heavy atom. The molecule has 1 amide bonds. The summed E-state index contributed by atoms with van der Waals surface area (Å²) in [7, 11) is -0.266. The predicted octanol–water partition coefficient (Wildman–Crippen LogP) is 3.87. The van der Waals surface area contributed by atoms with Gasteiger partial charge in [-0.05, 0) is 36.4 Å². The molecule has 29 heavy (non-hydrogen) atoms. The van der Waals surface area contributed by atoms with Gasteiger partial charge >= 0.3 is 0 Å². The molecule has 0 atom stereocenters. The second kappa shape index (κ2) is 8.62. The van der Waals surface area contributed by atoms with Gasteiger partial charge in [0.1, 0.15) is 0 Å². The van der Waals surface area contributed by atoms with Crippen molar-refractivity contribution in [1.29, 1.82) is 0 Å². The van der Waals surface area contributed by atoms with E-state index in [1.807, 2.05) is 11.4 Å². The molecule has 9 heteroatoms. The van der Waals surface area contributed by atoms with Crippen LogP contribution in [0.5, 0.6) is 11.5 Å². The molecule has 1 N–H and O–H groups in total. The number of carbonyl (C=O) groups excluding carboxylic acids is 1. The highest BCUT2D eigenvalue weighted by atomic mass is 32.2. The summed E-state index contributed by atoms with van der Waals surface area (Å²) in [5.74, 6) is 0.741. The third kappa shape index (κ3) is 4.57. The smallest absolute Gasteiger partial charge is 0.257 e. The van der Waals surface area contributed by atoms with Gasteiger partial charge in [-0.15, -0.1) is 11.3 Å². The summed E-state index contributed by atoms with van der Waals surface area (Å²) in [6.45, 7) is 1.56. The van der Waals surface area contributed by atoms with Gasteiger partial charge in [-0.2, -0.15) is 0 Å². The average Bonchev–Trinajstić information content (AvgIpc) is 3.21. The molecular formula is C20H20N2O5S2. The number of nitrogens with one attached hydrogen (secondary N) is 1. The molecule has 3 aromatic rings. The van der Waals surface area contributed by atoms with Gasteiger partial charge < -0.3 is 9.47 Å². The van der Waals surface area contributed by atoms with E-state index in [0.29, 0.717) is 22.3 Å². The van der Waals surface area contributed by atoms with Gasteiger partial charge in [0.25, 0.3) is 5.91 Å². The number of amides is 1. The minimum Gasteiger partial charge on any atom is -0.493 e. The lowest BCUT2D eigenvalue weighted by molar-refractivity contribution is 0.102. The number of benzene rings is 2. The molecule has 0 unspecified atom stereocenters. The Hall–Kier alpha value is -2.91. The largest absolute Gasteiger partial charge is 0.493 e. The van der Waals surface area contributed by atoms with Crippen LogP contribution in [0, 0.1) is 0 Å². The molecular weight excluding hydrogens is 412 g/mol. The van der Waals surface area contributed by atoms with Crippen molar-refractivity contribution in [2.75, 3.05) is 25.3 Å². The molecule has 0 bridgehead atoms. The highest BCUT2D eigenvalue weighted by Gasteiger charge is 2.16. The number of hydrogen-bond donors (Lipinski definition) is 1. The number of methoxy groups -OCH3 is 2. The lowest BCUT2D eigenvalue weighted by Crippen LogP contribution is -2.13. The zero-order valence-corrected chi connectivity index (χ0v) is 17.8. The fraction of sp³-hybridized carbons (Fsp3) is 0.200. The normalized spacial score (nSPS) is 11.1. The van der Waals surface area contributed by atoms with Crippen LogP contribution in [-0.2, 0) is 9.84 Å². The van der Waals surface area contributed by atoms with Gasteiger partial charge in [0.05, 0.1) is 30.6 Å². The van der Waals surface area contributed by atoms with E-state index in [1.165, 1.54) is 23.5 Å². The van der Waals surface area contributed by atoms with E-state index in [1.54, 1.807) is 45.4 Å². The van der Waals surface area contributed by atoms with E-state index < -0.39 is 15.7 Å². The fourth-order valence-electron chi connectivity index (χ4n) is 2.63. The third-order valence-electron chi connectivity index (χ3n) is 4.24. The number of anilines is 1. The van der Waals surface area contributed by atoms with Crippen LogP contribution in [0.25, 0.3) is 11.3 Å². The summed E-state index contributed by atoms with van der Waals surface area (Å²) >= 11 is 1.27. The van der Waals surface area contributed by atoms with E-state index >= 15 is 0 Å². The van der Waals surface area contributed by atoms with Gasteiger partial charge in [-0.25, -0.2) is 13.4 Å². The van der Waals surface area contributed by atoms with Gasteiger partial charge in [-0.1, -0.05) is 13.0 Å². The van der Waals surface area contributed by atoms with Crippen LogP contribution in [0.4, 0.5) is 5.13 Å². The first-order valence-corrected chi connectivity index (χ1v) is 11.2. The standard InChI is InChI=1S/C20H20N2O5S2/c1-4-29(24,25)15-7-5-6-14(10-15)19(23)22-20-21-16(12-28-20)13-8-9-17(26-2)18(11-13)27-3/h5-12H,4H2,1-3H3,(H,21,22,23). The average molecular weight is 433 g/mol. The van der Waals surface area contributed by atoms with Crippen molar-refractivity contribution in [3.8, 4) is 22.8 Å². The Kier molecular flexibility index (Phi) is 6.19. The topological polar surface area (TPSA) is 94.6 Å². The summed E-state index contributed by atoms with van der Waals surface area (Å²) in [5, 5.41) is 4.93. The molecule has 0 aliphatic heterocycles. The van der Waals surface area contributed by atoms with Crippen molar-refractivity contribution >= 4 is 32.2 Å². The van der Waals surface area contributed by atoms with Gasteiger partial charge in [-0.3, -0.25) is 10.1 Å².